The monoisotopic (exact) mass is 143 g/mol. The molecule has 0 aromatic heterocycles. The largest absolute Gasteiger partial charge is 0.390 e. The minimum atomic E-state index is -0.581. The highest BCUT2D eigenvalue weighted by Crippen LogP contribution is 2.34. The van der Waals surface area contributed by atoms with Crippen LogP contribution in [0.3, 0.4) is 0 Å². The van der Waals surface area contributed by atoms with Crippen LogP contribution in [-0.2, 0) is 0 Å². The van der Waals surface area contributed by atoms with Crippen molar-refractivity contribution < 1.29 is 5.11 Å². The second-order valence-electron chi connectivity index (χ2n) is 4.02. The van der Waals surface area contributed by atoms with Crippen LogP contribution in [0.25, 0.3) is 0 Å². The second-order valence-corrected chi connectivity index (χ2v) is 4.02. The Kier molecular flexibility index (Phi) is 2.02. The highest BCUT2D eigenvalue weighted by molar-refractivity contribution is 4.87. The van der Waals surface area contributed by atoms with Crippen molar-refractivity contribution in [3.8, 4) is 0 Å². The maximum atomic E-state index is 9.38. The Labute approximate surface area is 62.4 Å². The van der Waals surface area contributed by atoms with Gasteiger partial charge in [0, 0.05) is 6.04 Å². The molecule has 1 aliphatic carbocycles. The van der Waals surface area contributed by atoms with Gasteiger partial charge in [-0.05, 0) is 39.0 Å². The van der Waals surface area contributed by atoms with Crippen molar-refractivity contribution in [2.75, 3.05) is 0 Å². The van der Waals surface area contributed by atoms with Gasteiger partial charge < -0.3 is 10.8 Å². The molecule has 2 heteroatoms. The molecule has 3 N–H and O–H groups in total. The lowest BCUT2D eigenvalue weighted by molar-refractivity contribution is 0.0613. The first-order valence-corrected chi connectivity index (χ1v) is 3.97. The number of hydrogen-bond donors (Lipinski definition) is 2. The van der Waals surface area contributed by atoms with E-state index in [1.807, 2.05) is 13.8 Å². The summed E-state index contributed by atoms with van der Waals surface area (Å²) in [5, 5.41) is 9.38. The second kappa shape index (κ2) is 2.51. The summed E-state index contributed by atoms with van der Waals surface area (Å²) in [6.07, 6.45) is 3.26. The molecular formula is C8H17NO. The van der Waals surface area contributed by atoms with Crippen LogP contribution in [0.4, 0.5) is 0 Å². The smallest absolute Gasteiger partial charge is 0.0606 e. The van der Waals surface area contributed by atoms with E-state index in [9.17, 15) is 5.11 Å². The van der Waals surface area contributed by atoms with E-state index in [4.69, 9.17) is 5.73 Å². The average molecular weight is 143 g/mol. The maximum Gasteiger partial charge on any atom is 0.0606 e. The predicted molar refractivity (Wildman–Crippen MR) is 41.6 cm³/mol. The lowest BCUT2D eigenvalue weighted by Crippen LogP contribution is -2.33. The van der Waals surface area contributed by atoms with Crippen molar-refractivity contribution in [3.05, 3.63) is 0 Å². The van der Waals surface area contributed by atoms with Crippen LogP contribution in [-0.4, -0.2) is 16.7 Å². The van der Waals surface area contributed by atoms with E-state index in [0.29, 0.717) is 5.92 Å². The van der Waals surface area contributed by atoms with Crippen LogP contribution in [0.2, 0.25) is 0 Å². The summed E-state index contributed by atoms with van der Waals surface area (Å²) < 4.78 is 0. The molecule has 10 heavy (non-hydrogen) atoms. The first-order valence-electron chi connectivity index (χ1n) is 3.97. The number of nitrogens with two attached hydrogens (primary N) is 1. The van der Waals surface area contributed by atoms with Gasteiger partial charge in [0.05, 0.1) is 5.60 Å². The van der Waals surface area contributed by atoms with Crippen molar-refractivity contribution in [3.63, 3.8) is 0 Å². The minimum Gasteiger partial charge on any atom is -0.390 e. The first kappa shape index (κ1) is 8.02. The molecule has 0 aliphatic heterocycles. The molecule has 1 atom stereocenters. The summed E-state index contributed by atoms with van der Waals surface area (Å²) in [7, 11) is 0. The zero-order valence-electron chi connectivity index (χ0n) is 6.80. The highest BCUT2D eigenvalue weighted by Gasteiger charge is 2.31. The Morgan fingerprint density at radius 1 is 1.60 bits per heavy atom. The van der Waals surface area contributed by atoms with Crippen LogP contribution >= 0.6 is 0 Å². The van der Waals surface area contributed by atoms with Gasteiger partial charge in [0.1, 0.15) is 0 Å². The molecule has 2 nitrogen and oxygen atoms in total. The Hall–Kier alpha value is -0.0800. The molecule has 1 aliphatic rings. The summed E-state index contributed by atoms with van der Waals surface area (Å²) in [6, 6.07) is 0.222. The fourth-order valence-corrected chi connectivity index (χ4v) is 1.27. The van der Waals surface area contributed by atoms with Crippen LogP contribution < -0.4 is 5.73 Å². The van der Waals surface area contributed by atoms with E-state index in [1.165, 1.54) is 12.8 Å². The summed E-state index contributed by atoms with van der Waals surface area (Å²) in [5.74, 6) is 0.700. The molecule has 1 fully saturated rings. The molecule has 0 aromatic rings. The molecule has 0 heterocycles. The SMILES string of the molecule is CC(C)(O)CC(N)C1CC1. The zero-order valence-corrected chi connectivity index (χ0v) is 6.80. The average Bonchev–Trinajstić information content (AvgIpc) is 2.35. The van der Waals surface area contributed by atoms with Gasteiger partial charge in [0.2, 0.25) is 0 Å². The van der Waals surface area contributed by atoms with Crippen molar-refractivity contribution >= 4 is 0 Å². The van der Waals surface area contributed by atoms with Crippen molar-refractivity contribution in [2.45, 2.75) is 44.8 Å². The summed E-state index contributed by atoms with van der Waals surface area (Å²) in [4.78, 5) is 0. The van der Waals surface area contributed by atoms with Crippen LogP contribution in [0.5, 0.6) is 0 Å². The lowest BCUT2D eigenvalue weighted by atomic mass is 9.97. The van der Waals surface area contributed by atoms with Gasteiger partial charge in [-0.3, -0.25) is 0 Å². The predicted octanol–water partition coefficient (Wildman–Crippen LogP) is 0.885. The molecule has 1 unspecified atom stereocenters. The molecule has 0 amide bonds. The lowest BCUT2D eigenvalue weighted by Gasteiger charge is -2.21. The third-order valence-electron chi connectivity index (χ3n) is 1.96. The Morgan fingerprint density at radius 3 is 2.40 bits per heavy atom. The van der Waals surface area contributed by atoms with Gasteiger partial charge in [0.15, 0.2) is 0 Å². The Balaban J connectivity index is 2.23. The molecule has 60 valence electrons. The number of rotatable bonds is 3. The van der Waals surface area contributed by atoms with E-state index < -0.39 is 5.60 Å². The van der Waals surface area contributed by atoms with E-state index in [-0.39, 0.29) is 6.04 Å². The highest BCUT2D eigenvalue weighted by atomic mass is 16.3. The van der Waals surface area contributed by atoms with Gasteiger partial charge in [-0.15, -0.1) is 0 Å². The first-order chi connectivity index (χ1) is 4.49. The summed E-state index contributed by atoms with van der Waals surface area (Å²) in [6.45, 7) is 3.63. The fraction of sp³-hybridized carbons (Fsp3) is 1.00. The van der Waals surface area contributed by atoms with Crippen molar-refractivity contribution in [1.82, 2.24) is 0 Å². The quantitative estimate of drug-likeness (QED) is 0.616. The van der Waals surface area contributed by atoms with Crippen molar-refractivity contribution in [2.24, 2.45) is 11.7 Å². The van der Waals surface area contributed by atoms with E-state index in [0.717, 1.165) is 6.42 Å². The minimum absolute atomic E-state index is 0.222. The van der Waals surface area contributed by atoms with Crippen LogP contribution in [0.15, 0.2) is 0 Å². The van der Waals surface area contributed by atoms with Gasteiger partial charge >= 0.3 is 0 Å². The van der Waals surface area contributed by atoms with Crippen LogP contribution in [0, 0.1) is 5.92 Å². The van der Waals surface area contributed by atoms with Crippen LogP contribution in [0.1, 0.15) is 33.1 Å². The third kappa shape index (κ3) is 2.67. The number of aliphatic hydroxyl groups is 1. The molecule has 0 radical (unpaired) electrons. The maximum absolute atomic E-state index is 9.38. The van der Waals surface area contributed by atoms with E-state index >= 15 is 0 Å². The Bertz CT molecular complexity index is 113. The topological polar surface area (TPSA) is 46.2 Å². The molecule has 0 aromatic carbocycles. The standard InChI is InChI=1S/C8H17NO/c1-8(2,10)5-7(9)6-3-4-6/h6-7,10H,3-5,9H2,1-2H3. The Morgan fingerprint density at radius 2 is 2.10 bits per heavy atom. The van der Waals surface area contributed by atoms with Gasteiger partial charge in [0.25, 0.3) is 0 Å². The molecule has 0 spiro atoms. The van der Waals surface area contributed by atoms with Gasteiger partial charge in [-0.1, -0.05) is 0 Å². The summed E-state index contributed by atoms with van der Waals surface area (Å²) in [5.41, 5.74) is 5.22. The zero-order chi connectivity index (χ0) is 7.78. The normalized spacial score (nSPS) is 22.8. The molecule has 0 bridgehead atoms. The fourth-order valence-electron chi connectivity index (χ4n) is 1.27. The molecular weight excluding hydrogens is 126 g/mol. The summed E-state index contributed by atoms with van der Waals surface area (Å²) >= 11 is 0. The van der Waals surface area contributed by atoms with E-state index in [1.54, 1.807) is 0 Å². The van der Waals surface area contributed by atoms with Gasteiger partial charge in [-0.2, -0.15) is 0 Å². The molecule has 0 saturated heterocycles. The molecule has 1 saturated carbocycles. The van der Waals surface area contributed by atoms with Crippen molar-refractivity contribution in [1.29, 1.82) is 0 Å². The van der Waals surface area contributed by atoms with Gasteiger partial charge in [-0.25, -0.2) is 0 Å². The third-order valence-corrected chi connectivity index (χ3v) is 1.96. The number of hydrogen-bond acceptors (Lipinski definition) is 2. The molecule has 1 rings (SSSR count). The van der Waals surface area contributed by atoms with E-state index in [2.05, 4.69) is 0 Å².